The van der Waals surface area contributed by atoms with E-state index in [1.807, 2.05) is 0 Å². The molecule has 20 heavy (non-hydrogen) atoms. The highest BCUT2D eigenvalue weighted by Gasteiger charge is 2.19. The predicted molar refractivity (Wildman–Crippen MR) is 84.8 cm³/mol. The zero-order valence-corrected chi connectivity index (χ0v) is 13.5. The predicted octanol–water partition coefficient (Wildman–Crippen LogP) is -0.202. The second kappa shape index (κ2) is 4.38. The van der Waals surface area contributed by atoms with Gasteiger partial charge in [0.25, 0.3) is 22.2 Å². The maximum absolute atomic E-state index is 12.2. The van der Waals surface area contributed by atoms with Gasteiger partial charge in [0.2, 0.25) is 0 Å². The Kier molecular flexibility index (Phi) is 3.01. The number of aromatic nitrogens is 2. The molecule has 0 amide bonds. The van der Waals surface area contributed by atoms with Crippen molar-refractivity contribution in [3.05, 3.63) is 53.5 Å². The number of halogens is 1. The maximum Gasteiger partial charge on any atom is 0.270 e. The van der Waals surface area contributed by atoms with Gasteiger partial charge in [-0.1, -0.05) is 6.92 Å². The molecule has 0 saturated heterocycles. The SMILES string of the molecule is C[CH]([Al])n1c(=O)c2cc3c(=O)n(I)c(=O)c3cc2c1=O. The number of hydrogen-bond donors (Lipinski definition) is 0. The smallest absolute Gasteiger partial charge is 0.270 e. The molecular formula is C12H6AlIN2O4. The van der Waals surface area contributed by atoms with E-state index in [1.165, 1.54) is 12.1 Å². The van der Waals surface area contributed by atoms with Gasteiger partial charge in [0, 0.05) is 0 Å². The molecule has 0 fully saturated rings. The van der Waals surface area contributed by atoms with Crippen molar-refractivity contribution in [3.8, 4) is 0 Å². The van der Waals surface area contributed by atoms with Crippen molar-refractivity contribution in [3.63, 3.8) is 0 Å². The molecule has 0 aliphatic carbocycles. The molecule has 0 aliphatic rings. The Morgan fingerprint density at radius 2 is 1.25 bits per heavy atom. The summed E-state index contributed by atoms with van der Waals surface area (Å²) in [4.78, 5) is 47.8. The summed E-state index contributed by atoms with van der Waals surface area (Å²) in [6.45, 7) is 1.70. The van der Waals surface area contributed by atoms with Gasteiger partial charge in [-0.2, -0.15) is 0 Å². The molecule has 6 nitrogen and oxygen atoms in total. The fraction of sp³-hybridized carbons (Fsp3) is 0.167. The van der Waals surface area contributed by atoms with E-state index in [0.29, 0.717) is 0 Å². The number of rotatable bonds is 1. The van der Waals surface area contributed by atoms with Gasteiger partial charge >= 0.3 is 0 Å². The zero-order chi connectivity index (χ0) is 14.8. The van der Waals surface area contributed by atoms with E-state index in [0.717, 1.165) is 7.35 Å². The molecule has 2 heterocycles. The van der Waals surface area contributed by atoms with Crippen LogP contribution in [-0.2, 0) is 0 Å². The minimum absolute atomic E-state index is 0.169. The van der Waals surface area contributed by atoms with Crippen molar-refractivity contribution in [2.45, 2.75) is 11.8 Å². The van der Waals surface area contributed by atoms with Gasteiger partial charge in [-0.3, -0.25) is 23.7 Å². The monoisotopic (exact) mass is 396 g/mol. The molecule has 3 aromatic rings. The average Bonchev–Trinajstić information content (AvgIpc) is 2.77. The molecule has 0 N–H and O–H groups in total. The van der Waals surface area contributed by atoms with Gasteiger partial charge in [0.05, 0.1) is 44.4 Å². The van der Waals surface area contributed by atoms with E-state index >= 15 is 0 Å². The molecule has 3 rings (SSSR count). The summed E-state index contributed by atoms with van der Waals surface area (Å²) in [6.07, 6.45) is 0. The highest BCUT2D eigenvalue weighted by molar-refractivity contribution is 14.1. The molecular weight excluding hydrogens is 390 g/mol. The van der Waals surface area contributed by atoms with Gasteiger partial charge in [0.15, 0.2) is 16.3 Å². The average molecular weight is 396 g/mol. The van der Waals surface area contributed by atoms with Gasteiger partial charge in [-0.15, -0.1) is 0 Å². The minimum Gasteiger partial charge on any atom is -0.288 e. The molecule has 1 atom stereocenters. The lowest BCUT2D eigenvalue weighted by atomic mass is 10.1. The Morgan fingerprint density at radius 1 is 0.900 bits per heavy atom. The van der Waals surface area contributed by atoms with Crippen molar-refractivity contribution < 1.29 is 0 Å². The summed E-state index contributed by atoms with van der Waals surface area (Å²) >= 11 is 3.99. The lowest BCUT2D eigenvalue weighted by Gasteiger charge is -2.03. The van der Waals surface area contributed by atoms with Crippen molar-refractivity contribution in [1.82, 2.24) is 7.35 Å². The van der Waals surface area contributed by atoms with Gasteiger partial charge in [0.1, 0.15) is 0 Å². The first-order valence-electron chi connectivity index (χ1n) is 5.70. The fourth-order valence-electron chi connectivity index (χ4n) is 2.33. The Morgan fingerprint density at radius 3 is 1.60 bits per heavy atom. The lowest BCUT2D eigenvalue weighted by molar-refractivity contribution is 0.690. The maximum atomic E-state index is 12.2. The number of hydrogen-bond acceptors (Lipinski definition) is 4. The first kappa shape index (κ1) is 13.7. The Labute approximate surface area is 133 Å². The molecule has 0 aliphatic heterocycles. The largest absolute Gasteiger partial charge is 0.288 e. The van der Waals surface area contributed by atoms with Crippen molar-refractivity contribution in [2.24, 2.45) is 0 Å². The Balaban J connectivity index is 2.66. The topological polar surface area (TPSA) is 78.1 Å². The first-order valence-corrected chi connectivity index (χ1v) is 7.34. The number of nitrogens with zero attached hydrogens (tertiary/aromatic N) is 2. The van der Waals surface area contributed by atoms with E-state index in [1.54, 1.807) is 29.8 Å². The first-order chi connectivity index (χ1) is 9.34. The van der Waals surface area contributed by atoms with Gasteiger partial charge in [-0.05, 0) is 17.0 Å². The highest BCUT2D eigenvalue weighted by atomic mass is 127. The van der Waals surface area contributed by atoms with Crippen LogP contribution in [0.2, 0.25) is 0 Å². The van der Waals surface area contributed by atoms with E-state index in [-0.39, 0.29) is 26.4 Å². The number of benzene rings is 1. The van der Waals surface area contributed by atoms with Crippen molar-refractivity contribution in [1.29, 1.82) is 0 Å². The molecule has 1 aromatic carbocycles. The molecule has 98 valence electrons. The fourth-order valence-corrected chi connectivity index (χ4v) is 3.12. The van der Waals surface area contributed by atoms with E-state index in [9.17, 15) is 19.2 Å². The summed E-state index contributed by atoms with van der Waals surface area (Å²) in [5.41, 5.74) is -1.82. The highest BCUT2D eigenvalue weighted by Crippen LogP contribution is 2.15. The molecule has 2 aromatic heterocycles. The second-order valence-electron chi connectivity index (χ2n) is 4.56. The van der Waals surface area contributed by atoms with Crippen LogP contribution >= 0.6 is 22.9 Å². The Bertz CT molecular complexity index is 991. The quantitative estimate of drug-likeness (QED) is 0.422. The molecule has 0 bridgehead atoms. The third-order valence-corrected chi connectivity index (χ3v) is 4.46. The molecule has 2 radical (unpaired) electrons. The minimum atomic E-state index is -0.467. The van der Waals surface area contributed by atoms with Crippen LogP contribution in [0.3, 0.4) is 0 Å². The van der Waals surface area contributed by atoms with E-state index in [2.05, 4.69) is 16.3 Å². The van der Waals surface area contributed by atoms with Gasteiger partial charge < -0.3 is 0 Å². The van der Waals surface area contributed by atoms with Crippen molar-refractivity contribution >= 4 is 60.7 Å². The third-order valence-electron chi connectivity index (χ3n) is 3.28. The van der Waals surface area contributed by atoms with E-state index in [4.69, 9.17) is 0 Å². The summed E-state index contributed by atoms with van der Waals surface area (Å²) in [7, 11) is 0. The normalized spacial score (nSPS) is 13.3. The molecule has 0 saturated carbocycles. The van der Waals surface area contributed by atoms with Crippen LogP contribution in [0.15, 0.2) is 31.3 Å². The molecule has 1 unspecified atom stereocenters. The van der Waals surface area contributed by atoms with Crippen LogP contribution in [-0.4, -0.2) is 23.6 Å². The summed E-state index contributed by atoms with van der Waals surface area (Å²) in [5, 5.41) is 0.692. The van der Waals surface area contributed by atoms with Crippen LogP contribution < -0.4 is 22.2 Å². The van der Waals surface area contributed by atoms with Crippen molar-refractivity contribution in [2.75, 3.05) is 0 Å². The molecule has 8 heteroatoms. The zero-order valence-electron chi connectivity index (χ0n) is 10.2. The standard InChI is InChI=1S/C12H6IN2O4.Al/c1-2-14-9(16)5-3-7-8(4-6(5)10(14)17)12(19)15(13)11(7)18;/h2-4H,1H3;. The van der Waals surface area contributed by atoms with Crippen LogP contribution in [0.4, 0.5) is 0 Å². The van der Waals surface area contributed by atoms with Crippen LogP contribution in [0.1, 0.15) is 11.8 Å². The van der Waals surface area contributed by atoms with Gasteiger partial charge in [-0.25, -0.2) is 2.78 Å². The second-order valence-corrected chi connectivity index (χ2v) is 6.49. The van der Waals surface area contributed by atoms with E-state index < -0.39 is 22.2 Å². The van der Waals surface area contributed by atoms with Crippen LogP contribution in [0.5, 0.6) is 0 Å². The van der Waals surface area contributed by atoms with Crippen LogP contribution in [0.25, 0.3) is 21.5 Å². The Hall–Kier alpha value is -1.24. The molecule has 0 spiro atoms. The number of fused-ring (bicyclic) bond motifs is 2. The van der Waals surface area contributed by atoms with Crippen LogP contribution in [0, 0.1) is 0 Å². The summed E-state index contributed by atoms with van der Waals surface area (Å²) in [6, 6.07) is 2.69. The summed E-state index contributed by atoms with van der Waals surface area (Å²) < 4.78 is 2.05. The lowest BCUT2D eigenvalue weighted by Crippen LogP contribution is -2.28. The summed E-state index contributed by atoms with van der Waals surface area (Å²) in [5.74, 6) is 0. The third kappa shape index (κ3) is 1.62.